The fraction of sp³-hybridized carbons (Fsp3) is 0. The van der Waals surface area contributed by atoms with Crippen LogP contribution >= 0.6 is 0 Å². The lowest BCUT2D eigenvalue weighted by molar-refractivity contribution is 1.63. The molecule has 0 atom stereocenters. The second kappa shape index (κ2) is 9.68. The lowest BCUT2D eigenvalue weighted by atomic mass is 9.87. The van der Waals surface area contributed by atoms with Crippen molar-refractivity contribution in [1.29, 1.82) is 0 Å². The number of hydrogen-bond acceptors (Lipinski definition) is 0. The number of benzene rings is 6. The third kappa shape index (κ3) is 4.14. The molecular formula is C36H22. The summed E-state index contributed by atoms with van der Waals surface area (Å²) >= 11 is 0. The minimum absolute atomic E-state index is 1.000. The Morgan fingerprint density at radius 2 is 0.806 bits per heavy atom. The summed E-state index contributed by atoms with van der Waals surface area (Å²) in [6, 6.07) is 45.9. The van der Waals surface area contributed by atoms with Gasteiger partial charge in [0.2, 0.25) is 0 Å². The van der Waals surface area contributed by atoms with Crippen molar-refractivity contribution in [2.75, 3.05) is 0 Å². The topological polar surface area (TPSA) is 0 Å². The first-order chi connectivity index (χ1) is 17.9. The Labute approximate surface area is 211 Å². The van der Waals surface area contributed by atoms with Crippen LogP contribution in [0.25, 0.3) is 32.7 Å². The van der Waals surface area contributed by atoms with Crippen LogP contribution in [-0.2, 0) is 0 Å². The predicted molar refractivity (Wildman–Crippen MR) is 152 cm³/mol. The molecule has 0 bridgehead atoms. The first-order valence-corrected chi connectivity index (χ1v) is 12.1. The zero-order valence-electron chi connectivity index (χ0n) is 19.7. The summed E-state index contributed by atoms with van der Waals surface area (Å²) in [5.41, 5.74) is 6.41. The zero-order valence-corrected chi connectivity index (χ0v) is 19.7. The molecular weight excluding hydrogens is 432 g/mol. The van der Waals surface area contributed by atoms with Crippen molar-refractivity contribution >= 4 is 21.5 Å². The molecule has 0 aliphatic carbocycles. The van der Waals surface area contributed by atoms with Crippen LogP contribution in [0.15, 0.2) is 133 Å². The maximum atomic E-state index is 3.56. The van der Waals surface area contributed by atoms with Gasteiger partial charge < -0.3 is 0 Å². The van der Waals surface area contributed by atoms with Crippen LogP contribution in [0.3, 0.4) is 0 Å². The van der Waals surface area contributed by atoms with E-state index >= 15 is 0 Å². The summed E-state index contributed by atoms with van der Waals surface area (Å²) in [6.45, 7) is 0. The summed E-state index contributed by atoms with van der Waals surface area (Å²) in [4.78, 5) is 0. The van der Waals surface area contributed by atoms with Crippen molar-refractivity contribution in [3.63, 3.8) is 0 Å². The molecule has 166 valence electrons. The number of hydrogen-bond donors (Lipinski definition) is 0. The van der Waals surface area contributed by atoms with E-state index in [1.807, 2.05) is 48.5 Å². The maximum absolute atomic E-state index is 3.56. The van der Waals surface area contributed by atoms with E-state index in [1.165, 1.54) is 11.1 Å². The quantitative estimate of drug-likeness (QED) is 0.173. The van der Waals surface area contributed by atoms with E-state index in [9.17, 15) is 0 Å². The van der Waals surface area contributed by atoms with Crippen molar-refractivity contribution in [2.24, 2.45) is 0 Å². The molecule has 0 saturated carbocycles. The lowest BCUT2D eigenvalue weighted by Gasteiger charge is -2.15. The van der Waals surface area contributed by atoms with E-state index in [0.717, 1.165) is 43.8 Å². The van der Waals surface area contributed by atoms with Crippen molar-refractivity contribution in [3.8, 4) is 34.8 Å². The molecule has 0 nitrogen and oxygen atoms in total. The standard InChI is InChI=1S/C36H22/c1-4-13-27(14-5-1)23-25-33-31-19-10-11-20-32(31)35(26-24-28-15-6-2-7-16-28)36-30(21-12-22-34(33)36)29-17-8-3-9-18-29/h1-22H. The third-order valence-electron chi connectivity index (χ3n) is 6.35. The highest BCUT2D eigenvalue weighted by Gasteiger charge is 2.15. The number of fused-ring (bicyclic) bond motifs is 2. The smallest absolute Gasteiger partial charge is 0.0413 e. The number of rotatable bonds is 1. The molecule has 0 aromatic heterocycles. The highest BCUT2D eigenvalue weighted by Crippen LogP contribution is 2.38. The molecule has 0 aliphatic heterocycles. The van der Waals surface area contributed by atoms with Crippen molar-refractivity contribution in [2.45, 2.75) is 0 Å². The molecule has 0 heteroatoms. The van der Waals surface area contributed by atoms with E-state index in [0.29, 0.717) is 0 Å². The van der Waals surface area contributed by atoms with Crippen molar-refractivity contribution < 1.29 is 0 Å². The highest BCUT2D eigenvalue weighted by molar-refractivity contribution is 6.14. The van der Waals surface area contributed by atoms with Gasteiger partial charge in [-0.2, -0.15) is 0 Å². The minimum atomic E-state index is 1.000. The van der Waals surface area contributed by atoms with Crippen LogP contribution in [-0.4, -0.2) is 0 Å². The molecule has 0 N–H and O–H groups in total. The molecule has 36 heavy (non-hydrogen) atoms. The molecule has 0 spiro atoms. The first kappa shape index (κ1) is 21.5. The van der Waals surface area contributed by atoms with Gasteiger partial charge in [0, 0.05) is 27.6 Å². The molecule has 0 radical (unpaired) electrons. The van der Waals surface area contributed by atoms with Gasteiger partial charge in [-0.1, -0.05) is 133 Å². The fourth-order valence-electron chi connectivity index (χ4n) is 4.66. The highest BCUT2D eigenvalue weighted by atomic mass is 14.2. The van der Waals surface area contributed by atoms with Crippen molar-refractivity contribution in [1.82, 2.24) is 0 Å². The Morgan fingerprint density at radius 1 is 0.333 bits per heavy atom. The molecule has 0 fully saturated rings. The van der Waals surface area contributed by atoms with Crippen molar-refractivity contribution in [3.05, 3.63) is 156 Å². The summed E-state index contributed by atoms with van der Waals surface area (Å²) in [5.74, 6) is 13.9. The normalized spacial score (nSPS) is 10.3. The van der Waals surface area contributed by atoms with Crippen LogP contribution in [0.4, 0.5) is 0 Å². The second-order valence-electron chi connectivity index (χ2n) is 8.62. The van der Waals surface area contributed by atoms with Gasteiger partial charge in [-0.05, 0) is 51.6 Å². The van der Waals surface area contributed by atoms with Crippen LogP contribution in [0.2, 0.25) is 0 Å². The van der Waals surface area contributed by atoms with Gasteiger partial charge in [-0.3, -0.25) is 0 Å². The van der Waals surface area contributed by atoms with Crippen LogP contribution in [0, 0.1) is 23.7 Å². The summed E-state index contributed by atoms with van der Waals surface area (Å²) in [7, 11) is 0. The maximum Gasteiger partial charge on any atom is 0.0413 e. The Morgan fingerprint density at radius 3 is 1.42 bits per heavy atom. The largest absolute Gasteiger partial charge is 0.0622 e. The van der Waals surface area contributed by atoms with E-state index in [-0.39, 0.29) is 0 Å². The van der Waals surface area contributed by atoms with E-state index in [4.69, 9.17) is 0 Å². The summed E-state index contributed by atoms with van der Waals surface area (Å²) < 4.78 is 0. The van der Waals surface area contributed by atoms with Gasteiger partial charge >= 0.3 is 0 Å². The third-order valence-corrected chi connectivity index (χ3v) is 6.35. The Kier molecular flexibility index (Phi) is 5.78. The molecule has 6 rings (SSSR count). The summed E-state index contributed by atoms with van der Waals surface area (Å²) in [5, 5.41) is 4.50. The fourth-order valence-corrected chi connectivity index (χ4v) is 4.66. The molecule has 6 aromatic carbocycles. The molecule has 0 aliphatic rings. The SMILES string of the molecule is C(#Cc1c2ccccc2c(C#Cc2ccccc2)c2c(-c3ccccc3)cccc12)c1ccccc1. The van der Waals surface area contributed by atoms with E-state index in [1.54, 1.807) is 0 Å². The van der Waals surface area contributed by atoms with Crippen LogP contribution < -0.4 is 0 Å². The van der Waals surface area contributed by atoms with Gasteiger partial charge in [0.25, 0.3) is 0 Å². The molecule has 6 aromatic rings. The Bertz CT molecular complexity index is 1810. The van der Waals surface area contributed by atoms with E-state index < -0.39 is 0 Å². The predicted octanol–water partition coefficient (Wildman–Crippen LogP) is 8.46. The molecule has 0 amide bonds. The van der Waals surface area contributed by atoms with Gasteiger partial charge in [0.15, 0.2) is 0 Å². The average Bonchev–Trinajstić information content (AvgIpc) is 2.96. The van der Waals surface area contributed by atoms with E-state index in [2.05, 4.69) is 109 Å². The second-order valence-corrected chi connectivity index (χ2v) is 8.62. The Hall–Kier alpha value is -5.04. The zero-order chi connectivity index (χ0) is 24.2. The van der Waals surface area contributed by atoms with Gasteiger partial charge in [0.05, 0.1) is 0 Å². The van der Waals surface area contributed by atoms with Crippen LogP contribution in [0.1, 0.15) is 22.3 Å². The molecule has 0 heterocycles. The van der Waals surface area contributed by atoms with Gasteiger partial charge in [-0.15, -0.1) is 0 Å². The molecule has 0 unspecified atom stereocenters. The average molecular weight is 455 g/mol. The molecule has 0 saturated heterocycles. The minimum Gasteiger partial charge on any atom is -0.0622 e. The van der Waals surface area contributed by atoms with Crippen LogP contribution in [0.5, 0.6) is 0 Å². The van der Waals surface area contributed by atoms with Gasteiger partial charge in [-0.25, -0.2) is 0 Å². The summed E-state index contributed by atoms with van der Waals surface area (Å²) in [6.07, 6.45) is 0. The van der Waals surface area contributed by atoms with Gasteiger partial charge in [0.1, 0.15) is 0 Å². The first-order valence-electron chi connectivity index (χ1n) is 12.1. The monoisotopic (exact) mass is 454 g/mol. The lowest BCUT2D eigenvalue weighted by Crippen LogP contribution is -1.93. The Balaban J connectivity index is 1.73.